The van der Waals surface area contributed by atoms with Crippen LogP contribution in [0.25, 0.3) is 0 Å². The number of rotatable bonds is 6. The second-order valence-corrected chi connectivity index (χ2v) is 4.45. The molecule has 1 amide bonds. The first-order valence-electron chi connectivity index (χ1n) is 6.08. The normalized spacial score (nSPS) is 13.7. The first kappa shape index (κ1) is 14.2. The van der Waals surface area contributed by atoms with Gasteiger partial charge in [0.25, 0.3) is 0 Å². The van der Waals surface area contributed by atoms with Crippen LogP contribution in [0.2, 0.25) is 0 Å². The molecule has 0 bridgehead atoms. The third-order valence-electron chi connectivity index (χ3n) is 3.01. The van der Waals surface area contributed by atoms with E-state index in [0.29, 0.717) is 12.5 Å². The average Bonchev–Trinajstić information content (AvgIpc) is 2.38. The fraction of sp³-hybridized carbons (Fsp3) is 0.429. The molecule has 98 valence electrons. The first-order valence-corrected chi connectivity index (χ1v) is 6.08. The van der Waals surface area contributed by atoms with Crippen molar-refractivity contribution in [2.24, 2.45) is 5.92 Å². The largest absolute Gasteiger partial charge is 0.481 e. The lowest BCUT2D eigenvalue weighted by Crippen LogP contribution is -2.34. The molecule has 4 nitrogen and oxygen atoms in total. The van der Waals surface area contributed by atoms with Crippen LogP contribution >= 0.6 is 0 Å². The van der Waals surface area contributed by atoms with E-state index in [-0.39, 0.29) is 0 Å². The average molecular weight is 249 g/mol. The molecular weight excluding hydrogens is 230 g/mol. The summed E-state index contributed by atoms with van der Waals surface area (Å²) in [6.45, 7) is 3.97. The molecule has 18 heavy (non-hydrogen) atoms. The highest BCUT2D eigenvalue weighted by molar-refractivity contribution is 5.96. The number of benzene rings is 1. The summed E-state index contributed by atoms with van der Waals surface area (Å²) in [7, 11) is 0. The Bertz CT molecular complexity index is 403. The van der Waals surface area contributed by atoms with Crippen molar-refractivity contribution in [2.75, 3.05) is 6.54 Å². The van der Waals surface area contributed by atoms with Crippen molar-refractivity contribution in [3.63, 3.8) is 0 Å². The summed E-state index contributed by atoms with van der Waals surface area (Å²) < 4.78 is 0. The fourth-order valence-corrected chi connectivity index (χ4v) is 1.63. The minimum absolute atomic E-state index is 0.339. The van der Waals surface area contributed by atoms with Crippen molar-refractivity contribution >= 4 is 11.9 Å². The molecule has 0 fully saturated rings. The summed E-state index contributed by atoms with van der Waals surface area (Å²) in [6.07, 6.45) is 0.794. The lowest BCUT2D eigenvalue weighted by Gasteiger charge is -2.13. The fourth-order valence-electron chi connectivity index (χ4n) is 1.63. The van der Waals surface area contributed by atoms with Crippen molar-refractivity contribution in [1.82, 2.24) is 5.32 Å². The quantitative estimate of drug-likeness (QED) is 0.758. The molecule has 0 aliphatic rings. The number of hydrogen-bond donors (Lipinski definition) is 2. The number of carboxylic acid groups (broad SMARTS) is 1. The van der Waals surface area contributed by atoms with Crippen LogP contribution in [0.4, 0.5) is 0 Å². The molecule has 2 N–H and O–H groups in total. The van der Waals surface area contributed by atoms with E-state index in [1.54, 1.807) is 0 Å². The number of hydrogen-bond acceptors (Lipinski definition) is 2. The molecule has 1 rings (SSSR count). The van der Waals surface area contributed by atoms with Gasteiger partial charge in [-0.3, -0.25) is 9.59 Å². The molecule has 0 heterocycles. The molecule has 1 aromatic rings. The predicted octanol–water partition coefficient (Wildman–Crippen LogP) is 2.02. The van der Waals surface area contributed by atoms with Crippen LogP contribution in [0, 0.1) is 5.92 Å². The Hall–Kier alpha value is -1.84. The molecule has 0 radical (unpaired) electrons. The van der Waals surface area contributed by atoms with Crippen LogP contribution in [0.5, 0.6) is 0 Å². The Morgan fingerprint density at radius 3 is 2.39 bits per heavy atom. The standard InChI is InChI=1S/C14H19NO3/c1-10(12-6-4-3-5-7-12)8-9-15-13(16)11(2)14(17)18/h3-7,10-11H,8-9H2,1-2H3,(H,15,16)(H,17,18). The zero-order valence-electron chi connectivity index (χ0n) is 10.7. The SMILES string of the molecule is CC(C(=O)O)C(=O)NCCC(C)c1ccccc1. The van der Waals surface area contributed by atoms with E-state index in [2.05, 4.69) is 12.2 Å². The van der Waals surface area contributed by atoms with E-state index < -0.39 is 17.8 Å². The molecule has 0 aliphatic carbocycles. The van der Waals surface area contributed by atoms with E-state index in [0.717, 1.165) is 6.42 Å². The molecule has 1 aromatic carbocycles. The molecule has 2 unspecified atom stereocenters. The molecule has 2 atom stereocenters. The predicted molar refractivity (Wildman–Crippen MR) is 69.3 cm³/mol. The van der Waals surface area contributed by atoms with Crippen LogP contribution in [0.1, 0.15) is 31.7 Å². The maximum Gasteiger partial charge on any atom is 0.315 e. The topological polar surface area (TPSA) is 66.4 Å². The van der Waals surface area contributed by atoms with Crippen molar-refractivity contribution in [3.05, 3.63) is 35.9 Å². The summed E-state index contributed by atoms with van der Waals surface area (Å²) in [6, 6.07) is 10.0. The van der Waals surface area contributed by atoms with Crippen LogP contribution in [-0.2, 0) is 9.59 Å². The smallest absolute Gasteiger partial charge is 0.315 e. The maximum absolute atomic E-state index is 11.4. The second-order valence-electron chi connectivity index (χ2n) is 4.45. The van der Waals surface area contributed by atoms with Crippen LogP contribution < -0.4 is 5.32 Å². The Kier molecular flexibility index (Phi) is 5.36. The third-order valence-corrected chi connectivity index (χ3v) is 3.01. The van der Waals surface area contributed by atoms with Gasteiger partial charge >= 0.3 is 5.97 Å². The minimum atomic E-state index is -1.09. The van der Waals surface area contributed by atoms with Gasteiger partial charge < -0.3 is 10.4 Å². The van der Waals surface area contributed by atoms with Gasteiger partial charge in [0.2, 0.25) is 5.91 Å². The highest BCUT2D eigenvalue weighted by Crippen LogP contribution is 2.17. The highest BCUT2D eigenvalue weighted by atomic mass is 16.4. The lowest BCUT2D eigenvalue weighted by atomic mass is 9.98. The van der Waals surface area contributed by atoms with Crippen LogP contribution in [0.3, 0.4) is 0 Å². The summed E-state index contributed by atoms with van der Waals surface area (Å²) in [5, 5.41) is 11.3. The van der Waals surface area contributed by atoms with E-state index in [9.17, 15) is 9.59 Å². The monoisotopic (exact) mass is 249 g/mol. The molecule has 0 saturated carbocycles. The van der Waals surface area contributed by atoms with Crippen LogP contribution in [0.15, 0.2) is 30.3 Å². The van der Waals surface area contributed by atoms with E-state index >= 15 is 0 Å². The summed E-state index contributed by atoms with van der Waals surface area (Å²) in [4.78, 5) is 22.0. The number of carbonyl (C=O) groups excluding carboxylic acids is 1. The van der Waals surface area contributed by atoms with E-state index in [1.807, 2.05) is 30.3 Å². The minimum Gasteiger partial charge on any atom is -0.481 e. The zero-order chi connectivity index (χ0) is 13.5. The molecule has 4 heteroatoms. The van der Waals surface area contributed by atoms with Gasteiger partial charge in [-0.15, -0.1) is 0 Å². The number of amides is 1. The zero-order valence-corrected chi connectivity index (χ0v) is 10.7. The van der Waals surface area contributed by atoms with Gasteiger partial charge in [-0.2, -0.15) is 0 Å². The summed E-state index contributed by atoms with van der Waals surface area (Å²) >= 11 is 0. The maximum atomic E-state index is 11.4. The molecule has 0 saturated heterocycles. The van der Waals surface area contributed by atoms with Gasteiger partial charge in [0.05, 0.1) is 0 Å². The van der Waals surface area contributed by atoms with Crippen LogP contribution in [-0.4, -0.2) is 23.5 Å². The number of nitrogens with one attached hydrogen (secondary N) is 1. The van der Waals surface area contributed by atoms with Gasteiger partial charge in [0, 0.05) is 6.54 Å². The van der Waals surface area contributed by atoms with Gasteiger partial charge in [-0.25, -0.2) is 0 Å². The molecule has 0 spiro atoms. The Morgan fingerprint density at radius 2 is 1.83 bits per heavy atom. The lowest BCUT2D eigenvalue weighted by molar-refractivity contribution is -0.146. The molecular formula is C14H19NO3. The summed E-state index contributed by atoms with van der Waals surface area (Å²) in [5.41, 5.74) is 1.22. The van der Waals surface area contributed by atoms with Crippen molar-refractivity contribution < 1.29 is 14.7 Å². The molecule has 0 aromatic heterocycles. The Morgan fingerprint density at radius 1 is 1.22 bits per heavy atom. The second kappa shape index (κ2) is 6.79. The van der Waals surface area contributed by atoms with Gasteiger partial charge in [0.1, 0.15) is 5.92 Å². The van der Waals surface area contributed by atoms with Gasteiger partial charge in [-0.05, 0) is 24.8 Å². The van der Waals surface area contributed by atoms with Crippen molar-refractivity contribution in [2.45, 2.75) is 26.2 Å². The van der Waals surface area contributed by atoms with Gasteiger partial charge in [0.15, 0.2) is 0 Å². The third kappa shape index (κ3) is 4.20. The number of carbonyl (C=O) groups is 2. The Balaban J connectivity index is 2.34. The van der Waals surface area contributed by atoms with E-state index in [4.69, 9.17) is 5.11 Å². The van der Waals surface area contributed by atoms with Crippen molar-refractivity contribution in [3.8, 4) is 0 Å². The Labute approximate surface area is 107 Å². The summed E-state index contributed by atoms with van der Waals surface area (Å²) in [5.74, 6) is -2.17. The highest BCUT2D eigenvalue weighted by Gasteiger charge is 2.19. The van der Waals surface area contributed by atoms with Gasteiger partial charge in [-0.1, -0.05) is 37.3 Å². The number of carboxylic acids is 1. The first-order chi connectivity index (χ1) is 8.52. The van der Waals surface area contributed by atoms with E-state index in [1.165, 1.54) is 12.5 Å². The molecule has 0 aliphatic heterocycles. The number of aliphatic carboxylic acids is 1. The van der Waals surface area contributed by atoms with Crippen molar-refractivity contribution in [1.29, 1.82) is 0 Å².